The first kappa shape index (κ1) is 12.8. The van der Waals surface area contributed by atoms with Crippen molar-refractivity contribution in [2.45, 2.75) is 19.9 Å². The predicted molar refractivity (Wildman–Crippen MR) is 67.7 cm³/mol. The lowest BCUT2D eigenvalue weighted by molar-refractivity contribution is 0.281. The highest BCUT2D eigenvalue weighted by molar-refractivity contribution is 6.31. The average molecular weight is 246 g/mol. The van der Waals surface area contributed by atoms with E-state index in [1.54, 1.807) is 0 Å². The normalized spacial score (nSPS) is 10.9. The zero-order valence-electron chi connectivity index (χ0n) is 9.05. The van der Waals surface area contributed by atoms with E-state index in [0.29, 0.717) is 0 Å². The summed E-state index contributed by atoms with van der Waals surface area (Å²) in [5.41, 5.74) is 1.19. The van der Waals surface area contributed by atoms with Crippen molar-refractivity contribution >= 4 is 23.2 Å². The summed E-state index contributed by atoms with van der Waals surface area (Å²) in [5.74, 6) is 0.721. The molecule has 0 atom stereocenters. The van der Waals surface area contributed by atoms with Gasteiger partial charge < -0.3 is 0 Å². The molecule has 0 spiro atoms. The molecule has 0 aliphatic carbocycles. The first-order chi connectivity index (χ1) is 7.27. The molecule has 0 N–H and O–H groups in total. The third kappa shape index (κ3) is 4.42. The van der Waals surface area contributed by atoms with Crippen LogP contribution in [0.15, 0.2) is 24.3 Å². The van der Waals surface area contributed by atoms with Crippen LogP contribution >= 0.6 is 23.2 Å². The molecule has 1 rings (SSSR count). The number of benzene rings is 1. The van der Waals surface area contributed by atoms with Gasteiger partial charge in [-0.15, -0.1) is 11.6 Å². The third-order valence-corrected chi connectivity index (χ3v) is 3.04. The summed E-state index contributed by atoms with van der Waals surface area (Å²) in [6, 6.07) is 8.00. The van der Waals surface area contributed by atoms with Crippen molar-refractivity contribution in [3.05, 3.63) is 34.9 Å². The molecule has 0 unspecified atom stereocenters. The maximum atomic E-state index is 6.11. The second kappa shape index (κ2) is 7.10. The van der Waals surface area contributed by atoms with Gasteiger partial charge in [-0.2, -0.15) is 0 Å². The van der Waals surface area contributed by atoms with Crippen molar-refractivity contribution in [3.8, 4) is 0 Å². The third-order valence-electron chi connectivity index (χ3n) is 2.41. The van der Waals surface area contributed by atoms with E-state index in [4.69, 9.17) is 23.2 Å². The van der Waals surface area contributed by atoms with E-state index in [1.165, 1.54) is 5.56 Å². The summed E-state index contributed by atoms with van der Waals surface area (Å²) in [5, 5.41) is 0.849. The second-order valence-electron chi connectivity index (χ2n) is 3.50. The van der Waals surface area contributed by atoms with Gasteiger partial charge in [0.2, 0.25) is 0 Å². The minimum absolute atomic E-state index is 0.721. The van der Waals surface area contributed by atoms with Crippen LogP contribution in [0.1, 0.15) is 18.9 Å². The van der Waals surface area contributed by atoms with Crippen molar-refractivity contribution in [1.82, 2.24) is 4.90 Å². The van der Waals surface area contributed by atoms with Crippen LogP contribution in [0.4, 0.5) is 0 Å². The highest BCUT2D eigenvalue weighted by Crippen LogP contribution is 2.16. The molecular weight excluding hydrogens is 229 g/mol. The molecule has 0 saturated carbocycles. The van der Waals surface area contributed by atoms with Gasteiger partial charge in [-0.05, 0) is 31.1 Å². The molecule has 0 aliphatic heterocycles. The summed E-state index contributed by atoms with van der Waals surface area (Å²) in [6.07, 6.45) is 1.03. The van der Waals surface area contributed by atoms with Gasteiger partial charge in [-0.25, -0.2) is 0 Å². The van der Waals surface area contributed by atoms with Crippen LogP contribution in [0.25, 0.3) is 0 Å². The van der Waals surface area contributed by atoms with E-state index in [0.717, 1.165) is 37.0 Å². The van der Waals surface area contributed by atoms with Crippen molar-refractivity contribution in [3.63, 3.8) is 0 Å². The SMILES string of the molecule is CCN(CCCCl)Cc1ccccc1Cl. The Bertz CT molecular complexity index is 289. The quantitative estimate of drug-likeness (QED) is 0.690. The van der Waals surface area contributed by atoms with Gasteiger partial charge in [0.15, 0.2) is 0 Å². The number of halogens is 2. The van der Waals surface area contributed by atoms with Crippen LogP contribution in [0, 0.1) is 0 Å². The lowest BCUT2D eigenvalue weighted by atomic mass is 10.2. The Hall–Kier alpha value is -0.240. The number of alkyl halides is 1. The Kier molecular flexibility index (Phi) is 6.07. The number of nitrogens with zero attached hydrogens (tertiary/aromatic N) is 1. The molecule has 15 heavy (non-hydrogen) atoms. The van der Waals surface area contributed by atoms with Crippen molar-refractivity contribution in [1.29, 1.82) is 0 Å². The van der Waals surface area contributed by atoms with Gasteiger partial charge in [-0.3, -0.25) is 4.90 Å². The molecule has 0 heterocycles. The molecule has 1 aromatic rings. The topological polar surface area (TPSA) is 3.24 Å². The number of hydrogen-bond acceptors (Lipinski definition) is 1. The monoisotopic (exact) mass is 245 g/mol. The summed E-state index contributed by atoms with van der Waals surface area (Å²) in [6.45, 7) is 5.13. The molecule has 0 aliphatic rings. The predicted octanol–water partition coefficient (Wildman–Crippen LogP) is 3.79. The van der Waals surface area contributed by atoms with Gasteiger partial charge in [0.1, 0.15) is 0 Å². The number of rotatable bonds is 6. The Labute approximate surface area is 102 Å². The molecule has 84 valence electrons. The first-order valence-corrected chi connectivity index (χ1v) is 6.21. The molecule has 1 aromatic carbocycles. The second-order valence-corrected chi connectivity index (χ2v) is 4.29. The Balaban J connectivity index is 2.54. The first-order valence-electron chi connectivity index (χ1n) is 5.29. The van der Waals surface area contributed by atoms with Crippen molar-refractivity contribution in [2.24, 2.45) is 0 Å². The zero-order chi connectivity index (χ0) is 11.1. The fourth-order valence-corrected chi connectivity index (χ4v) is 1.81. The van der Waals surface area contributed by atoms with E-state index < -0.39 is 0 Å². The summed E-state index contributed by atoms with van der Waals surface area (Å²) < 4.78 is 0. The average Bonchev–Trinajstić information content (AvgIpc) is 2.26. The molecule has 3 heteroatoms. The molecular formula is C12H17Cl2N. The van der Waals surface area contributed by atoms with Crippen molar-refractivity contribution < 1.29 is 0 Å². The summed E-state index contributed by atoms with van der Waals surface area (Å²) in [7, 11) is 0. The summed E-state index contributed by atoms with van der Waals surface area (Å²) in [4.78, 5) is 2.35. The minimum Gasteiger partial charge on any atom is -0.299 e. The van der Waals surface area contributed by atoms with E-state index in [-0.39, 0.29) is 0 Å². The maximum absolute atomic E-state index is 6.11. The molecule has 0 radical (unpaired) electrons. The van der Waals surface area contributed by atoms with Gasteiger partial charge >= 0.3 is 0 Å². The maximum Gasteiger partial charge on any atom is 0.0451 e. The Morgan fingerprint density at radius 3 is 2.60 bits per heavy atom. The van der Waals surface area contributed by atoms with Crippen LogP contribution in [0.5, 0.6) is 0 Å². The smallest absolute Gasteiger partial charge is 0.0451 e. The van der Waals surface area contributed by atoms with Gasteiger partial charge in [0.25, 0.3) is 0 Å². The summed E-state index contributed by atoms with van der Waals surface area (Å²) >= 11 is 11.8. The van der Waals surface area contributed by atoms with E-state index in [1.807, 2.05) is 18.2 Å². The molecule has 0 fully saturated rings. The fraction of sp³-hybridized carbons (Fsp3) is 0.500. The molecule has 0 amide bonds. The molecule has 1 nitrogen and oxygen atoms in total. The fourth-order valence-electron chi connectivity index (χ4n) is 1.50. The zero-order valence-corrected chi connectivity index (χ0v) is 10.6. The van der Waals surface area contributed by atoms with Gasteiger partial charge in [0.05, 0.1) is 0 Å². The molecule has 0 aromatic heterocycles. The van der Waals surface area contributed by atoms with E-state index >= 15 is 0 Å². The van der Waals surface area contributed by atoms with Gasteiger partial charge in [0, 0.05) is 17.4 Å². The largest absolute Gasteiger partial charge is 0.299 e. The lowest BCUT2D eigenvalue weighted by Crippen LogP contribution is -2.24. The van der Waals surface area contributed by atoms with Crippen LogP contribution in [0.3, 0.4) is 0 Å². The Morgan fingerprint density at radius 1 is 1.27 bits per heavy atom. The minimum atomic E-state index is 0.721. The Morgan fingerprint density at radius 2 is 2.00 bits per heavy atom. The van der Waals surface area contributed by atoms with Crippen LogP contribution < -0.4 is 0 Å². The number of hydrogen-bond donors (Lipinski definition) is 0. The van der Waals surface area contributed by atoms with E-state index in [2.05, 4.69) is 17.9 Å². The molecule has 0 saturated heterocycles. The van der Waals surface area contributed by atoms with Crippen molar-refractivity contribution in [2.75, 3.05) is 19.0 Å². The highest BCUT2D eigenvalue weighted by Gasteiger charge is 2.05. The highest BCUT2D eigenvalue weighted by atomic mass is 35.5. The molecule has 0 bridgehead atoms. The standard InChI is InChI=1S/C12H17Cl2N/c1-2-15(9-5-8-13)10-11-6-3-4-7-12(11)14/h3-4,6-7H,2,5,8-10H2,1H3. The van der Waals surface area contributed by atoms with E-state index in [9.17, 15) is 0 Å². The lowest BCUT2D eigenvalue weighted by Gasteiger charge is -2.20. The van der Waals surface area contributed by atoms with Crippen LogP contribution in [-0.4, -0.2) is 23.9 Å². The van der Waals surface area contributed by atoms with Crippen LogP contribution in [0.2, 0.25) is 5.02 Å². The van der Waals surface area contributed by atoms with Crippen LogP contribution in [-0.2, 0) is 6.54 Å². The van der Waals surface area contributed by atoms with Gasteiger partial charge in [-0.1, -0.05) is 36.7 Å².